The molecule has 178 valence electrons. The Balaban J connectivity index is 1.17. The Labute approximate surface area is 205 Å². The highest BCUT2D eigenvalue weighted by Gasteiger charge is 2.23. The van der Waals surface area contributed by atoms with Gasteiger partial charge < -0.3 is 19.6 Å². The minimum atomic E-state index is -0.0914. The van der Waals surface area contributed by atoms with E-state index in [1.165, 1.54) is 19.3 Å². The first-order valence-electron chi connectivity index (χ1n) is 12.1. The number of hydrogen-bond acceptors (Lipinski definition) is 5. The molecule has 1 aromatic heterocycles. The van der Waals surface area contributed by atoms with Gasteiger partial charge in [0.25, 0.3) is 0 Å². The Morgan fingerprint density at radius 1 is 1.03 bits per heavy atom. The molecule has 2 heterocycles. The second-order valence-corrected chi connectivity index (χ2v) is 9.64. The molecule has 3 aromatic rings. The second-order valence-electron chi connectivity index (χ2n) is 9.20. The lowest BCUT2D eigenvalue weighted by molar-refractivity contribution is 0.208. The zero-order valence-electron chi connectivity index (χ0n) is 19.5. The number of aryl methyl sites for hydroxylation is 1. The number of nitrogens with zero attached hydrogens (tertiary/aromatic N) is 4. The minimum absolute atomic E-state index is 0.0914. The summed E-state index contributed by atoms with van der Waals surface area (Å²) in [6, 6.07) is 13.7. The largest absolute Gasteiger partial charge is 0.368 e. The molecular weight excluding hydrogens is 450 g/mol. The Bertz CT molecular complexity index is 1130. The van der Waals surface area contributed by atoms with Crippen molar-refractivity contribution in [3.8, 4) is 11.4 Å². The van der Waals surface area contributed by atoms with Crippen molar-refractivity contribution in [1.29, 1.82) is 0 Å². The molecule has 2 aromatic carbocycles. The van der Waals surface area contributed by atoms with Gasteiger partial charge in [0, 0.05) is 54.1 Å². The predicted molar refractivity (Wildman–Crippen MR) is 135 cm³/mol. The van der Waals surface area contributed by atoms with Gasteiger partial charge in [-0.1, -0.05) is 42.1 Å². The highest BCUT2D eigenvalue weighted by atomic mass is 35.5. The summed E-state index contributed by atoms with van der Waals surface area (Å²) in [5.41, 5.74) is 3.84. The number of benzene rings is 2. The SMILES string of the molecule is Cc1ccc(Cl)cc1NC(=O)N1CCN(c2ccc(-c3noc(C4CCCCC4)n3)cc2)CC1. The summed E-state index contributed by atoms with van der Waals surface area (Å²) in [5, 5.41) is 7.82. The lowest BCUT2D eigenvalue weighted by Gasteiger charge is -2.36. The van der Waals surface area contributed by atoms with Gasteiger partial charge in [0.1, 0.15) is 0 Å². The fraction of sp³-hybridized carbons (Fsp3) is 0.423. The molecule has 0 unspecified atom stereocenters. The Kier molecular flexibility index (Phi) is 6.72. The van der Waals surface area contributed by atoms with E-state index in [2.05, 4.69) is 32.5 Å². The van der Waals surface area contributed by atoms with Crippen LogP contribution in [0, 0.1) is 6.92 Å². The lowest BCUT2D eigenvalue weighted by Crippen LogP contribution is -2.50. The maximum absolute atomic E-state index is 12.7. The standard InChI is InChI=1S/C26H30ClN5O2/c1-18-7-10-21(27)17-23(18)28-26(33)32-15-13-31(14-16-32)22-11-8-19(9-12-22)24-29-25(34-30-24)20-5-3-2-4-6-20/h7-12,17,20H,2-6,13-16H2,1H3,(H,28,33). The van der Waals surface area contributed by atoms with Gasteiger partial charge in [-0.05, 0) is 61.7 Å². The van der Waals surface area contributed by atoms with E-state index in [4.69, 9.17) is 16.1 Å². The lowest BCUT2D eigenvalue weighted by atomic mass is 9.89. The average molecular weight is 480 g/mol. The number of carbonyl (C=O) groups is 1. The Morgan fingerprint density at radius 3 is 2.50 bits per heavy atom. The van der Waals surface area contributed by atoms with Crippen molar-refractivity contribution in [3.05, 3.63) is 58.9 Å². The zero-order chi connectivity index (χ0) is 23.5. The third-order valence-corrected chi connectivity index (χ3v) is 7.13. The summed E-state index contributed by atoms with van der Waals surface area (Å²) in [5.74, 6) is 1.84. The molecule has 5 rings (SSSR count). The molecule has 0 spiro atoms. The van der Waals surface area contributed by atoms with Crippen LogP contribution in [0.3, 0.4) is 0 Å². The number of rotatable bonds is 4. The fourth-order valence-electron chi connectivity index (χ4n) is 4.78. The molecule has 2 aliphatic rings. The minimum Gasteiger partial charge on any atom is -0.368 e. The van der Waals surface area contributed by atoms with Gasteiger partial charge in [0.05, 0.1) is 0 Å². The van der Waals surface area contributed by atoms with Crippen LogP contribution in [0.4, 0.5) is 16.2 Å². The number of nitrogens with one attached hydrogen (secondary N) is 1. The van der Waals surface area contributed by atoms with Crippen molar-refractivity contribution < 1.29 is 9.32 Å². The van der Waals surface area contributed by atoms with Crippen LogP contribution >= 0.6 is 11.6 Å². The summed E-state index contributed by atoms with van der Waals surface area (Å²) in [4.78, 5) is 21.5. The molecule has 8 heteroatoms. The first-order valence-corrected chi connectivity index (χ1v) is 12.5. The predicted octanol–water partition coefficient (Wildman–Crippen LogP) is 6.10. The van der Waals surface area contributed by atoms with Gasteiger partial charge in [0.2, 0.25) is 11.7 Å². The number of urea groups is 1. The quantitative estimate of drug-likeness (QED) is 0.489. The summed E-state index contributed by atoms with van der Waals surface area (Å²) >= 11 is 6.08. The van der Waals surface area contributed by atoms with Crippen molar-refractivity contribution >= 4 is 29.0 Å². The van der Waals surface area contributed by atoms with Crippen LogP contribution in [0.25, 0.3) is 11.4 Å². The van der Waals surface area contributed by atoms with E-state index in [1.54, 1.807) is 6.07 Å². The molecule has 1 saturated carbocycles. The van der Waals surface area contributed by atoms with Crippen LogP contribution in [0.2, 0.25) is 5.02 Å². The smallest absolute Gasteiger partial charge is 0.321 e. The van der Waals surface area contributed by atoms with Gasteiger partial charge in [-0.25, -0.2) is 4.79 Å². The highest BCUT2D eigenvalue weighted by molar-refractivity contribution is 6.31. The van der Waals surface area contributed by atoms with Crippen LogP contribution in [0.1, 0.15) is 49.5 Å². The van der Waals surface area contributed by atoms with Crippen molar-refractivity contribution in [2.45, 2.75) is 44.9 Å². The average Bonchev–Trinajstić information content (AvgIpc) is 3.37. The maximum atomic E-state index is 12.7. The first-order chi connectivity index (χ1) is 16.6. The third kappa shape index (κ3) is 5.04. The van der Waals surface area contributed by atoms with E-state index >= 15 is 0 Å². The summed E-state index contributed by atoms with van der Waals surface area (Å²) in [7, 11) is 0. The molecule has 34 heavy (non-hydrogen) atoms. The molecule has 7 nitrogen and oxygen atoms in total. The molecule has 2 fully saturated rings. The number of carbonyl (C=O) groups excluding carboxylic acids is 1. The van der Waals surface area contributed by atoms with Gasteiger partial charge in [-0.15, -0.1) is 0 Å². The van der Waals surface area contributed by atoms with E-state index < -0.39 is 0 Å². The van der Waals surface area contributed by atoms with Crippen LogP contribution in [-0.2, 0) is 0 Å². The maximum Gasteiger partial charge on any atom is 0.321 e. The number of hydrogen-bond donors (Lipinski definition) is 1. The Morgan fingerprint density at radius 2 is 1.76 bits per heavy atom. The van der Waals surface area contributed by atoms with Crippen molar-refractivity contribution in [2.24, 2.45) is 0 Å². The van der Waals surface area contributed by atoms with E-state index in [0.29, 0.717) is 29.9 Å². The van der Waals surface area contributed by atoms with Crippen molar-refractivity contribution in [2.75, 3.05) is 36.4 Å². The summed E-state index contributed by atoms with van der Waals surface area (Å²) < 4.78 is 5.57. The van der Waals surface area contributed by atoms with E-state index in [0.717, 1.165) is 54.3 Å². The highest BCUT2D eigenvalue weighted by Crippen LogP contribution is 2.33. The van der Waals surface area contributed by atoms with Crippen molar-refractivity contribution in [3.63, 3.8) is 0 Å². The third-order valence-electron chi connectivity index (χ3n) is 6.89. The van der Waals surface area contributed by atoms with Crippen molar-refractivity contribution in [1.82, 2.24) is 15.0 Å². The monoisotopic (exact) mass is 479 g/mol. The summed E-state index contributed by atoms with van der Waals surface area (Å²) in [6.07, 6.45) is 6.07. The van der Waals surface area contributed by atoms with E-state index in [9.17, 15) is 4.79 Å². The second kappa shape index (κ2) is 10.1. The molecule has 2 amide bonds. The van der Waals surface area contributed by atoms with E-state index in [1.807, 2.05) is 36.1 Å². The molecule has 1 N–H and O–H groups in total. The molecule has 0 bridgehead atoms. The molecule has 1 aliphatic carbocycles. The number of piperazine rings is 1. The van der Waals surface area contributed by atoms with Crippen LogP contribution in [0.15, 0.2) is 47.0 Å². The van der Waals surface area contributed by atoms with Gasteiger partial charge in [0.15, 0.2) is 0 Å². The van der Waals surface area contributed by atoms with Crippen LogP contribution in [-0.4, -0.2) is 47.3 Å². The van der Waals surface area contributed by atoms with Crippen LogP contribution in [0.5, 0.6) is 0 Å². The molecule has 1 aliphatic heterocycles. The Hall–Kier alpha value is -3.06. The molecule has 1 saturated heterocycles. The van der Waals surface area contributed by atoms with E-state index in [-0.39, 0.29) is 6.03 Å². The summed E-state index contributed by atoms with van der Waals surface area (Å²) in [6.45, 7) is 4.81. The van der Waals surface area contributed by atoms with Gasteiger partial charge >= 0.3 is 6.03 Å². The first kappa shape index (κ1) is 22.7. The zero-order valence-corrected chi connectivity index (χ0v) is 20.2. The fourth-order valence-corrected chi connectivity index (χ4v) is 4.95. The number of halogens is 1. The van der Waals surface area contributed by atoms with Gasteiger partial charge in [-0.2, -0.15) is 4.98 Å². The number of amides is 2. The molecular formula is C26H30ClN5O2. The molecule has 0 radical (unpaired) electrons. The number of aromatic nitrogens is 2. The topological polar surface area (TPSA) is 74.5 Å². The number of anilines is 2. The van der Waals surface area contributed by atoms with Crippen LogP contribution < -0.4 is 10.2 Å². The molecule has 0 atom stereocenters. The van der Waals surface area contributed by atoms with Gasteiger partial charge in [-0.3, -0.25) is 0 Å². The normalized spacial score (nSPS) is 17.1.